The summed E-state index contributed by atoms with van der Waals surface area (Å²) in [5.41, 5.74) is 0. The predicted molar refractivity (Wildman–Crippen MR) is 65.1 cm³/mol. The largest absolute Gasteiger partial charge is 0.451 e. The molecular formula is C10H12INO3. The third kappa shape index (κ3) is 4.98. The highest BCUT2D eigenvalue weighted by molar-refractivity contribution is 14.1. The number of halogens is 1. The van der Waals surface area contributed by atoms with Gasteiger partial charge >= 0.3 is 0 Å². The molecule has 0 saturated heterocycles. The van der Waals surface area contributed by atoms with Crippen LogP contribution in [0.1, 0.15) is 12.7 Å². The van der Waals surface area contributed by atoms with Crippen molar-refractivity contribution in [3.63, 3.8) is 0 Å². The monoisotopic (exact) mass is 321 g/mol. The van der Waals surface area contributed by atoms with Gasteiger partial charge in [-0.15, -0.1) is 0 Å². The van der Waals surface area contributed by atoms with E-state index < -0.39 is 6.10 Å². The first-order valence-corrected chi connectivity index (χ1v) is 5.55. The van der Waals surface area contributed by atoms with Crippen molar-refractivity contribution >= 4 is 34.6 Å². The second-order valence-electron chi connectivity index (χ2n) is 3.07. The first-order chi connectivity index (χ1) is 7.08. The van der Waals surface area contributed by atoms with Crippen molar-refractivity contribution < 1.29 is 14.3 Å². The Kier molecular flexibility index (Phi) is 4.83. The minimum atomic E-state index is -0.535. The minimum Gasteiger partial charge on any atom is -0.451 e. The molecule has 1 aromatic heterocycles. The van der Waals surface area contributed by atoms with Gasteiger partial charge in [0.25, 0.3) is 0 Å². The molecule has 0 aliphatic carbocycles. The van der Waals surface area contributed by atoms with Crippen LogP contribution in [0.4, 0.5) is 0 Å². The number of aliphatic hydroxyl groups is 1. The van der Waals surface area contributed by atoms with Crippen molar-refractivity contribution in [3.8, 4) is 0 Å². The maximum atomic E-state index is 11.2. The predicted octanol–water partition coefficient (Wildman–Crippen LogP) is 1.39. The van der Waals surface area contributed by atoms with Crippen molar-refractivity contribution in [2.75, 3.05) is 6.54 Å². The molecule has 1 unspecified atom stereocenters. The molecule has 1 aromatic rings. The molecule has 0 aliphatic heterocycles. The molecule has 1 rings (SSSR count). The van der Waals surface area contributed by atoms with Crippen LogP contribution in [0.2, 0.25) is 0 Å². The molecule has 1 atom stereocenters. The van der Waals surface area contributed by atoms with E-state index in [-0.39, 0.29) is 12.5 Å². The standard InChI is InChI=1S/C10H12INO3/c1-7(13)6-12-10(14)5-3-8-2-4-9(11)15-8/h2-5,7,13H,6H2,1H3,(H,12,14)/b5-3+. The zero-order valence-electron chi connectivity index (χ0n) is 8.24. The summed E-state index contributed by atoms with van der Waals surface area (Å²) in [6.07, 6.45) is 2.42. The maximum Gasteiger partial charge on any atom is 0.244 e. The number of furan rings is 1. The third-order valence-electron chi connectivity index (χ3n) is 1.56. The van der Waals surface area contributed by atoms with Gasteiger partial charge in [-0.1, -0.05) is 0 Å². The summed E-state index contributed by atoms with van der Waals surface area (Å²) >= 11 is 2.05. The summed E-state index contributed by atoms with van der Waals surface area (Å²) in [5.74, 6) is 0.383. The van der Waals surface area contributed by atoms with Gasteiger partial charge in [0.15, 0.2) is 3.77 Å². The fourth-order valence-electron chi connectivity index (χ4n) is 0.883. The lowest BCUT2D eigenvalue weighted by Gasteiger charge is -2.03. The van der Waals surface area contributed by atoms with Crippen molar-refractivity contribution in [2.45, 2.75) is 13.0 Å². The molecule has 0 bridgehead atoms. The van der Waals surface area contributed by atoms with E-state index in [4.69, 9.17) is 9.52 Å². The zero-order chi connectivity index (χ0) is 11.3. The van der Waals surface area contributed by atoms with E-state index >= 15 is 0 Å². The lowest BCUT2D eigenvalue weighted by atomic mass is 10.3. The fraction of sp³-hybridized carbons (Fsp3) is 0.300. The third-order valence-corrected chi connectivity index (χ3v) is 2.14. The molecule has 5 heteroatoms. The number of hydrogen-bond donors (Lipinski definition) is 2. The first kappa shape index (κ1) is 12.3. The summed E-state index contributed by atoms with van der Waals surface area (Å²) in [4.78, 5) is 11.2. The number of carbonyl (C=O) groups excluding carboxylic acids is 1. The average molecular weight is 321 g/mol. The lowest BCUT2D eigenvalue weighted by Crippen LogP contribution is -2.28. The van der Waals surface area contributed by atoms with Crippen LogP contribution in [0.15, 0.2) is 22.6 Å². The Morgan fingerprint density at radius 1 is 1.73 bits per heavy atom. The first-order valence-electron chi connectivity index (χ1n) is 4.47. The van der Waals surface area contributed by atoms with Crippen LogP contribution in [-0.4, -0.2) is 23.7 Å². The van der Waals surface area contributed by atoms with Crippen molar-refractivity contribution in [3.05, 3.63) is 27.7 Å². The second kappa shape index (κ2) is 5.92. The Bertz CT molecular complexity index is 357. The van der Waals surface area contributed by atoms with E-state index in [1.54, 1.807) is 19.1 Å². The van der Waals surface area contributed by atoms with Crippen LogP contribution >= 0.6 is 22.6 Å². The zero-order valence-corrected chi connectivity index (χ0v) is 10.4. The van der Waals surface area contributed by atoms with Gasteiger partial charge < -0.3 is 14.8 Å². The molecule has 0 aliphatic rings. The van der Waals surface area contributed by atoms with Gasteiger partial charge in [-0.25, -0.2) is 0 Å². The smallest absolute Gasteiger partial charge is 0.244 e. The Balaban J connectivity index is 2.40. The molecule has 15 heavy (non-hydrogen) atoms. The van der Waals surface area contributed by atoms with Gasteiger partial charge in [0.1, 0.15) is 5.76 Å². The van der Waals surface area contributed by atoms with E-state index in [9.17, 15) is 4.79 Å². The van der Waals surface area contributed by atoms with Gasteiger partial charge in [-0.2, -0.15) is 0 Å². The molecule has 1 amide bonds. The van der Waals surface area contributed by atoms with Gasteiger partial charge in [0, 0.05) is 12.6 Å². The van der Waals surface area contributed by atoms with Crippen LogP contribution < -0.4 is 5.32 Å². The highest BCUT2D eigenvalue weighted by Crippen LogP contribution is 2.11. The molecule has 4 nitrogen and oxygen atoms in total. The number of hydrogen-bond acceptors (Lipinski definition) is 3. The molecule has 0 radical (unpaired) electrons. The molecular weight excluding hydrogens is 309 g/mol. The number of amides is 1. The normalized spacial score (nSPS) is 13.0. The molecule has 2 N–H and O–H groups in total. The summed E-state index contributed by atoms with van der Waals surface area (Å²) in [6, 6.07) is 3.59. The van der Waals surface area contributed by atoms with Gasteiger partial charge in [0.05, 0.1) is 6.10 Å². The summed E-state index contributed by atoms with van der Waals surface area (Å²) in [6.45, 7) is 1.86. The van der Waals surface area contributed by atoms with Crippen LogP contribution in [0.3, 0.4) is 0 Å². The molecule has 1 heterocycles. The summed E-state index contributed by atoms with van der Waals surface area (Å²) in [5, 5.41) is 11.5. The maximum absolute atomic E-state index is 11.2. The quantitative estimate of drug-likeness (QED) is 0.651. The Morgan fingerprint density at radius 3 is 3.00 bits per heavy atom. The van der Waals surface area contributed by atoms with Crippen LogP contribution in [0.5, 0.6) is 0 Å². The Morgan fingerprint density at radius 2 is 2.47 bits per heavy atom. The Hall–Kier alpha value is -0.820. The average Bonchev–Trinajstić information content (AvgIpc) is 2.58. The number of rotatable bonds is 4. The van der Waals surface area contributed by atoms with E-state index in [1.807, 2.05) is 28.7 Å². The molecule has 0 fully saturated rings. The van der Waals surface area contributed by atoms with Gasteiger partial charge in [-0.3, -0.25) is 4.79 Å². The van der Waals surface area contributed by atoms with Gasteiger partial charge in [-0.05, 0) is 47.7 Å². The second-order valence-corrected chi connectivity index (χ2v) is 4.13. The molecule has 82 valence electrons. The van der Waals surface area contributed by atoms with Crippen LogP contribution in [0, 0.1) is 3.77 Å². The van der Waals surface area contributed by atoms with E-state index in [0.29, 0.717) is 5.76 Å². The molecule has 0 aromatic carbocycles. The summed E-state index contributed by atoms with van der Waals surface area (Å²) in [7, 11) is 0. The van der Waals surface area contributed by atoms with E-state index in [1.165, 1.54) is 6.08 Å². The molecule has 0 saturated carbocycles. The SMILES string of the molecule is CC(O)CNC(=O)/C=C/c1ccc(I)o1. The fourth-order valence-corrected chi connectivity index (χ4v) is 1.32. The Labute approximate surface area is 101 Å². The van der Waals surface area contributed by atoms with E-state index in [2.05, 4.69) is 5.32 Å². The van der Waals surface area contributed by atoms with Crippen LogP contribution in [0.25, 0.3) is 6.08 Å². The topological polar surface area (TPSA) is 62.5 Å². The highest BCUT2D eigenvalue weighted by Gasteiger charge is 1.99. The minimum absolute atomic E-state index is 0.248. The van der Waals surface area contributed by atoms with Crippen LogP contribution in [-0.2, 0) is 4.79 Å². The number of nitrogens with one attached hydrogen (secondary N) is 1. The van der Waals surface area contributed by atoms with Crippen molar-refractivity contribution in [1.29, 1.82) is 0 Å². The van der Waals surface area contributed by atoms with Crippen molar-refractivity contribution in [1.82, 2.24) is 5.32 Å². The molecule has 0 spiro atoms. The summed E-state index contributed by atoms with van der Waals surface area (Å²) < 4.78 is 6.00. The highest BCUT2D eigenvalue weighted by atomic mass is 127. The number of carbonyl (C=O) groups is 1. The van der Waals surface area contributed by atoms with E-state index in [0.717, 1.165) is 3.77 Å². The number of aliphatic hydroxyl groups excluding tert-OH is 1. The lowest BCUT2D eigenvalue weighted by molar-refractivity contribution is -0.116. The van der Waals surface area contributed by atoms with Crippen molar-refractivity contribution in [2.24, 2.45) is 0 Å². The van der Waals surface area contributed by atoms with Gasteiger partial charge in [0.2, 0.25) is 5.91 Å².